The summed E-state index contributed by atoms with van der Waals surface area (Å²) in [6, 6.07) is 4.02. The predicted molar refractivity (Wildman–Crippen MR) is 90.8 cm³/mol. The number of H-pyrrole nitrogens is 1. The lowest BCUT2D eigenvalue weighted by Gasteiger charge is -2.28. The third kappa shape index (κ3) is 3.88. The Labute approximate surface area is 144 Å². The number of carbonyl (C=O) groups excluding carboxylic acids is 1. The zero-order valence-corrected chi connectivity index (χ0v) is 14.7. The molecule has 3 heterocycles. The fourth-order valence-corrected chi connectivity index (χ4v) is 3.83. The lowest BCUT2D eigenvalue weighted by atomic mass is 9.99. The Morgan fingerprint density at radius 3 is 3.26 bits per heavy atom. The molecule has 1 aliphatic heterocycles. The first-order valence-corrected chi connectivity index (χ1v) is 9.17. The molecule has 0 radical (unpaired) electrons. The van der Waals surface area contributed by atoms with E-state index in [1.54, 1.807) is 11.3 Å². The molecule has 2 aromatic heterocycles. The minimum atomic E-state index is -0.0721. The number of aromatic nitrogens is 3. The van der Waals surface area contributed by atoms with Crippen LogP contribution in [-0.4, -0.2) is 40.4 Å². The van der Waals surface area contributed by atoms with Crippen LogP contribution in [0.15, 0.2) is 17.5 Å². The fourth-order valence-electron chi connectivity index (χ4n) is 2.97. The molecule has 0 amide bonds. The Balaban J connectivity index is 1.67. The van der Waals surface area contributed by atoms with Gasteiger partial charge in [0.25, 0.3) is 0 Å². The first kappa shape index (κ1) is 16.4. The van der Waals surface area contributed by atoms with E-state index in [1.165, 1.54) is 4.90 Å². The van der Waals surface area contributed by atoms with Crippen molar-refractivity contribution in [3.63, 3.8) is 0 Å². The van der Waals surface area contributed by atoms with Crippen LogP contribution in [0.3, 0.4) is 0 Å². The first-order valence-electron chi connectivity index (χ1n) is 7.88. The molecule has 23 heavy (non-hydrogen) atoms. The van der Waals surface area contributed by atoms with Crippen molar-refractivity contribution in [1.29, 1.82) is 0 Å². The Hall–Kier alpha value is -1.51. The molecular weight excluding hydrogens is 332 g/mol. The van der Waals surface area contributed by atoms with Gasteiger partial charge in [0.05, 0.1) is 24.6 Å². The number of carbonyl (C=O) groups is 1. The van der Waals surface area contributed by atoms with Crippen molar-refractivity contribution in [2.75, 3.05) is 19.7 Å². The van der Waals surface area contributed by atoms with E-state index < -0.39 is 0 Å². The van der Waals surface area contributed by atoms with Crippen LogP contribution >= 0.6 is 23.6 Å². The quantitative estimate of drug-likeness (QED) is 0.631. The summed E-state index contributed by atoms with van der Waals surface area (Å²) >= 11 is 6.99. The summed E-state index contributed by atoms with van der Waals surface area (Å²) in [5, 5.41) is 5.29. The Morgan fingerprint density at radius 2 is 2.52 bits per heavy atom. The Bertz CT molecular complexity index is 707. The first-order chi connectivity index (χ1) is 11.2. The average Bonchev–Trinajstić information content (AvgIpc) is 3.18. The second-order valence-electron chi connectivity index (χ2n) is 5.71. The van der Waals surface area contributed by atoms with Gasteiger partial charge in [-0.15, -0.1) is 11.3 Å². The normalized spacial score (nSPS) is 21.3. The van der Waals surface area contributed by atoms with Gasteiger partial charge in [0.2, 0.25) is 4.77 Å². The summed E-state index contributed by atoms with van der Waals surface area (Å²) in [6.45, 7) is 4.81. The van der Waals surface area contributed by atoms with E-state index in [0.717, 1.165) is 36.6 Å². The summed E-state index contributed by atoms with van der Waals surface area (Å²) in [4.78, 5) is 18.8. The molecular formula is C15H21N4O2S2+. The predicted octanol–water partition coefficient (Wildman–Crippen LogP) is 1.48. The number of esters is 1. The van der Waals surface area contributed by atoms with Gasteiger partial charge in [-0.2, -0.15) is 4.98 Å². The van der Waals surface area contributed by atoms with Gasteiger partial charge in [-0.25, -0.2) is 4.68 Å². The molecule has 1 aliphatic rings. The summed E-state index contributed by atoms with van der Waals surface area (Å²) < 4.78 is 7.61. The number of hydrogen-bond acceptors (Lipinski definition) is 5. The highest BCUT2D eigenvalue weighted by Gasteiger charge is 2.30. The fraction of sp³-hybridized carbons (Fsp3) is 0.533. The third-order valence-corrected chi connectivity index (χ3v) is 5.24. The molecule has 2 atom stereocenters. The van der Waals surface area contributed by atoms with E-state index in [0.29, 0.717) is 18.0 Å². The standard InChI is InChI=1S/C15H20N4O2S2/c1-2-21-14(20)11-5-3-7-18(9-11)10-19-15(22)16-13(17-19)12-6-4-8-23-12/h4,6,8,11H,2-3,5,7,9-10H2,1H3,(H,16,17,22)/p+1/t11-/m1/s1. The van der Waals surface area contributed by atoms with Crippen LogP contribution in [-0.2, 0) is 16.2 Å². The van der Waals surface area contributed by atoms with Crippen molar-refractivity contribution >= 4 is 29.5 Å². The number of thiophene rings is 1. The lowest BCUT2D eigenvalue weighted by molar-refractivity contribution is -0.930. The van der Waals surface area contributed by atoms with E-state index in [9.17, 15) is 4.79 Å². The molecule has 1 fully saturated rings. The van der Waals surface area contributed by atoms with Crippen molar-refractivity contribution in [3.8, 4) is 10.7 Å². The Morgan fingerprint density at radius 1 is 1.65 bits per heavy atom. The van der Waals surface area contributed by atoms with Gasteiger partial charge in [-0.3, -0.25) is 9.89 Å². The summed E-state index contributed by atoms with van der Waals surface area (Å²) in [7, 11) is 0. The molecule has 2 N–H and O–H groups in total. The molecule has 3 rings (SSSR count). The third-order valence-electron chi connectivity index (χ3n) is 4.05. The van der Waals surface area contributed by atoms with Gasteiger partial charge < -0.3 is 9.64 Å². The number of aromatic amines is 1. The van der Waals surface area contributed by atoms with Crippen molar-refractivity contribution in [3.05, 3.63) is 22.3 Å². The van der Waals surface area contributed by atoms with E-state index >= 15 is 0 Å². The maximum atomic E-state index is 11.9. The van der Waals surface area contributed by atoms with E-state index in [-0.39, 0.29) is 11.9 Å². The molecule has 0 spiro atoms. The van der Waals surface area contributed by atoms with Crippen LogP contribution in [0, 0.1) is 10.7 Å². The smallest absolute Gasteiger partial charge is 0.314 e. The average molecular weight is 353 g/mol. The number of likely N-dealkylation sites (tertiary alicyclic amines) is 1. The molecule has 124 valence electrons. The van der Waals surface area contributed by atoms with Gasteiger partial charge in [0.1, 0.15) is 5.92 Å². The van der Waals surface area contributed by atoms with Gasteiger partial charge >= 0.3 is 5.97 Å². The maximum Gasteiger partial charge on any atom is 0.314 e. The summed E-state index contributed by atoms with van der Waals surface area (Å²) in [5.74, 6) is 0.730. The van der Waals surface area contributed by atoms with Gasteiger partial charge in [0.15, 0.2) is 12.5 Å². The highest BCUT2D eigenvalue weighted by Crippen LogP contribution is 2.20. The maximum absolute atomic E-state index is 11.9. The Kier molecular flexibility index (Phi) is 5.24. The zero-order valence-electron chi connectivity index (χ0n) is 13.1. The van der Waals surface area contributed by atoms with Crippen LogP contribution in [0.4, 0.5) is 0 Å². The van der Waals surface area contributed by atoms with Crippen molar-refractivity contribution in [2.45, 2.75) is 26.4 Å². The van der Waals surface area contributed by atoms with Gasteiger partial charge in [-0.1, -0.05) is 6.07 Å². The second kappa shape index (κ2) is 7.37. The molecule has 2 aromatic rings. The monoisotopic (exact) mass is 353 g/mol. The van der Waals surface area contributed by atoms with Crippen LogP contribution in [0.25, 0.3) is 10.7 Å². The van der Waals surface area contributed by atoms with Crippen LogP contribution in [0.5, 0.6) is 0 Å². The summed E-state index contributed by atoms with van der Waals surface area (Å²) in [5.41, 5.74) is 0. The number of piperidine rings is 1. The number of hydrogen-bond donors (Lipinski definition) is 2. The second-order valence-corrected chi connectivity index (χ2v) is 7.03. The molecule has 1 unspecified atom stereocenters. The van der Waals surface area contributed by atoms with Crippen molar-refractivity contribution in [1.82, 2.24) is 14.8 Å². The largest absolute Gasteiger partial charge is 0.466 e. The van der Waals surface area contributed by atoms with E-state index in [2.05, 4.69) is 10.1 Å². The molecule has 1 saturated heterocycles. The summed E-state index contributed by atoms with van der Waals surface area (Å²) in [6.07, 6.45) is 1.94. The zero-order chi connectivity index (χ0) is 16.2. The molecule has 6 nitrogen and oxygen atoms in total. The number of rotatable bonds is 5. The van der Waals surface area contributed by atoms with Crippen LogP contribution in [0.1, 0.15) is 19.8 Å². The van der Waals surface area contributed by atoms with Gasteiger partial charge in [0, 0.05) is 0 Å². The highest BCUT2D eigenvalue weighted by molar-refractivity contribution is 7.71. The molecule has 8 heteroatoms. The van der Waals surface area contributed by atoms with Crippen molar-refractivity contribution in [2.24, 2.45) is 5.92 Å². The molecule has 0 saturated carbocycles. The minimum Gasteiger partial charge on any atom is -0.466 e. The number of nitrogens with one attached hydrogen (secondary N) is 2. The topological polar surface area (TPSA) is 64.3 Å². The van der Waals surface area contributed by atoms with Crippen LogP contribution in [0.2, 0.25) is 0 Å². The number of nitrogens with zero attached hydrogens (tertiary/aromatic N) is 2. The molecule has 0 aromatic carbocycles. The lowest BCUT2D eigenvalue weighted by Crippen LogP contribution is -3.13. The molecule has 0 bridgehead atoms. The SMILES string of the molecule is CCOC(=O)[C@@H]1CCC[NH+](Cn2[nH]c(-c3cccs3)nc2=S)C1. The number of ether oxygens (including phenoxy) is 1. The van der Waals surface area contributed by atoms with E-state index in [4.69, 9.17) is 17.0 Å². The van der Waals surface area contributed by atoms with Crippen molar-refractivity contribution < 1.29 is 14.4 Å². The minimum absolute atomic E-state index is 0.00689. The highest BCUT2D eigenvalue weighted by atomic mass is 32.1. The van der Waals surface area contributed by atoms with E-state index in [1.807, 2.05) is 29.1 Å². The van der Waals surface area contributed by atoms with Crippen LogP contribution < -0.4 is 4.90 Å². The molecule has 0 aliphatic carbocycles. The van der Waals surface area contributed by atoms with Gasteiger partial charge in [-0.05, 0) is 43.4 Å². The number of quaternary nitrogens is 1.